The van der Waals surface area contributed by atoms with E-state index in [-0.39, 0.29) is 5.15 Å². The first-order chi connectivity index (χ1) is 11.7. The van der Waals surface area contributed by atoms with Crippen LogP contribution < -0.4 is 5.32 Å². The summed E-state index contributed by atoms with van der Waals surface area (Å²) in [4.78, 5) is 20.0. The predicted molar refractivity (Wildman–Crippen MR) is 93.6 cm³/mol. The zero-order valence-corrected chi connectivity index (χ0v) is 14.5. The van der Waals surface area contributed by atoms with Gasteiger partial charge in [0.25, 0.3) is 0 Å². The molecule has 6 nitrogen and oxygen atoms in total. The van der Waals surface area contributed by atoms with Gasteiger partial charge >= 0.3 is 5.97 Å². The van der Waals surface area contributed by atoms with Gasteiger partial charge in [0.15, 0.2) is 15.2 Å². The second kappa shape index (κ2) is 7.46. The Hall–Kier alpha value is -2.38. The number of halogens is 1. The van der Waals surface area contributed by atoms with Crippen molar-refractivity contribution in [3.8, 4) is 0 Å². The molecule has 0 saturated heterocycles. The van der Waals surface area contributed by atoms with Crippen molar-refractivity contribution in [2.24, 2.45) is 0 Å². The van der Waals surface area contributed by atoms with Crippen molar-refractivity contribution in [3.05, 3.63) is 64.1 Å². The van der Waals surface area contributed by atoms with Crippen LogP contribution in [0, 0.1) is 0 Å². The molecule has 124 valence electrons. The number of thiazole rings is 1. The fourth-order valence-corrected chi connectivity index (χ4v) is 3.23. The first-order valence-corrected chi connectivity index (χ1v) is 8.37. The number of benzene rings is 1. The highest BCUT2D eigenvalue weighted by Crippen LogP contribution is 2.27. The molecule has 0 fully saturated rings. The molecule has 8 heteroatoms. The lowest BCUT2D eigenvalue weighted by Crippen LogP contribution is -2.00. The minimum Gasteiger partial charge on any atom is -0.465 e. The van der Waals surface area contributed by atoms with E-state index in [9.17, 15) is 4.79 Å². The number of hydrogen-bond acceptors (Lipinski definition) is 6. The lowest BCUT2D eigenvalue weighted by molar-refractivity contribution is 0.0606. The van der Waals surface area contributed by atoms with Crippen LogP contribution in [-0.4, -0.2) is 27.6 Å². The van der Waals surface area contributed by atoms with Gasteiger partial charge in [0, 0.05) is 25.5 Å². The molecule has 1 N–H and O–H groups in total. The average molecular weight is 363 g/mol. The van der Waals surface area contributed by atoms with Crippen LogP contribution in [0.1, 0.15) is 20.8 Å². The quantitative estimate of drug-likeness (QED) is 0.680. The Balaban J connectivity index is 1.59. The molecule has 0 atom stereocenters. The number of imidazole rings is 1. The van der Waals surface area contributed by atoms with Gasteiger partial charge in [0.1, 0.15) is 0 Å². The fraction of sp³-hybridized carbons (Fsp3) is 0.188. The standard InChI is InChI=1S/C16H15ClN4O2S/c1-23-15(22)13-14(17)20-16(24-13)19-8-11-2-4-12(5-3-11)9-21-7-6-18-10-21/h2-7,10H,8-9H2,1H3,(H,19,20). The molecule has 0 radical (unpaired) electrons. The number of methoxy groups -OCH3 is 1. The third-order valence-electron chi connectivity index (χ3n) is 3.35. The molecule has 0 aliphatic carbocycles. The Morgan fingerprint density at radius 1 is 1.33 bits per heavy atom. The van der Waals surface area contributed by atoms with E-state index >= 15 is 0 Å². The third-order valence-corrected chi connectivity index (χ3v) is 4.73. The van der Waals surface area contributed by atoms with E-state index in [0.29, 0.717) is 16.6 Å². The second-order valence-electron chi connectivity index (χ2n) is 5.04. The summed E-state index contributed by atoms with van der Waals surface area (Å²) in [5.74, 6) is -0.477. The summed E-state index contributed by atoms with van der Waals surface area (Å²) < 4.78 is 6.68. The maximum absolute atomic E-state index is 11.5. The molecule has 0 bridgehead atoms. The SMILES string of the molecule is COC(=O)c1sc(NCc2ccc(Cn3ccnc3)cc2)nc1Cl. The van der Waals surface area contributed by atoms with Crippen LogP contribution in [0.15, 0.2) is 43.0 Å². The number of anilines is 1. The monoisotopic (exact) mass is 362 g/mol. The first kappa shape index (κ1) is 16.5. The van der Waals surface area contributed by atoms with Gasteiger partial charge in [-0.05, 0) is 11.1 Å². The molecule has 24 heavy (non-hydrogen) atoms. The highest BCUT2D eigenvalue weighted by atomic mass is 35.5. The van der Waals surface area contributed by atoms with Crippen LogP contribution in [0.4, 0.5) is 5.13 Å². The van der Waals surface area contributed by atoms with Crippen molar-refractivity contribution < 1.29 is 9.53 Å². The summed E-state index contributed by atoms with van der Waals surface area (Å²) in [6.07, 6.45) is 5.49. The van der Waals surface area contributed by atoms with E-state index in [0.717, 1.165) is 12.1 Å². The fourth-order valence-electron chi connectivity index (χ4n) is 2.13. The largest absolute Gasteiger partial charge is 0.465 e. The maximum atomic E-state index is 11.5. The van der Waals surface area contributed by atoms with Crippen LogP contribution >= 0.6 is 22.9 Å². The molecule has 0 aliphatic rings. The highest BCUT2D eigenvalue weighted by molar-refractivity contribution is 7.18. The van der Waals surface area contributed by atoms with Gasteiger partial charge in [-0.25, -0.2) is 14.8 Å². The van der Waals surface area contributed by atoms with Crippen molar-refractivity contribution in [1.82, 2.24) is 14.5 Å². The van der Waals surface area contributed by atoms with Crippen molar-refractivity contribution in [3.63, 3.8) is 0 Å². The molecular weight excluding hydrogens is 348 g/mol. The van der Waals surface area contributed by atoms with Crippen LogP contribution in [0.25, 0.3) is 0 Å². The summed E-state index contributed by atoms with van der Waals surface area (Å²) in [6, 6.07) is 8.25. The van der Waals surface area contributed by atoms with Gasteiger partial charge < -0.3 is 14.6 Å². The van der Waals surface area contributed by atoms with Crippen molar-refractivity contribution in [1.29, 1.82) is 0 Å². The number of ether oxygens (including phenoxy) is 1. The first-order valence-electron chi connectivity index (χ1n) is 7.18. The van der Waals surface area contributed by atoms with Crippen LogP contribution in [0.3, 0.4) is 0 Å². The molecule has 3 aromatic rings. The summed E-state index contributed by atoms with van der Waals surface area (Å²) in [5, 5.41) is 3.91. The number of aromatic nitrogens is 3. The summed E-state index contributed by atoms with van der Waals surface area (Å²) in [6.45, 7) is 1.38. The zero-order valence-electron chi connectivity index (χ0n) is 12.9. The van der Waals surface area contributed by atoms with Crippen LogP contribution in [-0.2, 0) is 17.8 Å². The average Bonchev–Trinajstić information content (AvgIpc) is 3.23. The van der Waals surface area contributed by atoms with Crippen molar-refractivity contribution in [2.45, 2.75) is 13.1 Å². The smallest absolute Gasteiger partial charge is 0.351 e. The van der Waals surface area contributed by atoms with Crippen LogP contribution in [0.5, 0.6) is 0 Å². The molecule has 3 rings (SSSR count). The Kier molecular flexibility index (Phi) is 5.12. The van der Waals surface area contributed by atoms with E-state index in [1.807, 2.05) is 10.8 Å². The lowest BCUT2D eigenvalue weighted by Gasteiger charge is -2.06. The van der Waals surface area contributed by atoms with E-state index in [1.54, 1.807) is 12.5 Å². The Morgan fingerprint density at radius 3 is 2.75 bits per heavy atom. The number of carbonyl (C=O) groups is 1. The second-order valence-corrected chi connectivity index (χ2v) is 6.39. The zero-order chi connectivity index (χ0) is 16.9. The van der Waals surface area contributed by atoms with Gasteiger partial charge in [0.05, 0.1) is 13.4 Å². The number of hydrogen-bond donors (Lipinski definition) is 1. The summed E-state index contributed by atoms with van der Waals surface area (Å²) >= 11 is 7.12. The molecule has 0 saturated carbocycles. The van der Waals surface area contributed by atoms with Gasteiger partial charge in [-0.15, -0.1) is 0 Å². The molecule has 0 aliphatic heterocycles. The molecule has 2 aromatic heterocycles. The van der Waals surface area contributed by atoms with Crippen LogP contribution in [0.2, 0.25) is 5.15 Å². The Bertz CT molecular complexity index is 815. The number of rotatable bonds is 6. The molecule has 0 unspecified atom stereocenters. The molecule has 0 spiro atoms. The third kappa shape index (κ3) is 3.93. The maximum Gasteiger partial charge on any atom is 0.351 e. The normalized spacial score (nSPS) is 10.6. The predicted octanol–water partition coefficient (Wildman–Crippen LogP) is 3.44. The summed E-state index contributed by atoms with van der Waals surface area (Å²) in [5.41, 5.74) is 2.30. The number of esters is 1. The van der Waals surface area contributed by atoms with E-state index < -0.39 is 5.97 Å². The van der Waals surface area contributed by atoms with E-state index in [2.05, 4.69) is 44.3 Å². The van der Waals surface area contributed by atoms with Crippen molar-refractivity contribution in [2.75, 3.05) is 12.4 Å². The topological polar surface area (TPSA) is 69.0 Å². The van der Waals surface area contributed by atoms with E-state index in [4.69, 9.17) is 11.6 Å². The van der Waals surface area contributed by atoms with E-state index in [1.165, 1.54) is 24.0 Å². The Labute approximate surface area is 148 Å². The minimum atomic E-state index is -0.477. The minimum absolute atomic E-state index is 0.157. The van der Waals surface area contributed by atoms with Gasteiger partial charge in [-0.1, -0.05) is 47.2 Å². The van der Waals surface area contributed by atoms with Crippen molar-refractivity contribution >= 4 is 34.0 Å². The Morgan fingerprint density at radius 2 is 2.08 bits per heavy atom. The summed E-state index contributed by atoms with van der Waals surface area (Å²) in [7, 11) is 1.32. The molecule has 0 amide bonds. The molecule has 1 aromatic carbocycles. The molecule has 2 heterocycles. The highest BCUT2D eigenvalue weighted by Gasteiger charge is 2.17. The van der Waals surface area contributed by atoms with Gasteiger partial charge in [-0.3, -0.25) is 0 Å². The van der Waals surface area contributed by atoms with Gasteiger partial charge in [-0.2, -0.15) is 0 Å². The number of nitrogens with zero attached hydrogens (tertiary/aromatic N) is 3. The molecular formula is C16H15ClN4O2S. The number of carbonyl (C=O) groups excluding carboxylic acids is 1. The number of nitrogens with one attached hydrogen (secondary N) is 1. The van der Waals surface area contributed by atoms with Gasteiger partial charge in [0.2, 0.25) is 0 Å². The lowest BCUT2D eigenvalue weighted by atomic mass is 10.1.